The first kappa shape index (κ1) is 17.0. The average Bonchev–Trinajstić information content (AvgIpc) is 3.17. The first-order chi connectivity index (χ1) is 11.5. The summed E-state index contributed by atoms with van der Waals surface area (Å²) in [5.74, 6) is 1.34. The number of anilines is 1. The maximum atomic E-state index is 12.0. The van der Waals surface area contributed by atoms with E-state index in [0.29, 0.717) is 22.7 Å². The van der Waals surface area contributed by atoms with E-state index in [4.69, 9.17) is 0 Å². The Morgan fingerprint density at radius 2 is 2.08 bits per heavy atom. The van der Waals surface area contributed by atoms with Gasteiger partial charge in [0.15, 0.2) is 5.13 Å². The molecule has 1 aromatic heterocycles. The summed E-state index contributed by atoms with van der Waals surface area (Å²) < 4.78 is 0. The first-order valence-electron chi connectivity index (χ1n) is 7.74. The zero-order chi connectivity index (χ0) is 17.1. The second kappa shape index (κ2) is 7.36. The summed E-state index contributed by atoms with van der Waals surface area (Å²) in [5.41, 5.74) is 3.16. The number of nitrogens with zero attached hydrogens (tertiary/aromatic N) is 2. The highest BCUT2D eigenvalue weighted by atomic mass is 32.2. The quantitative estimate of drug-likeness (QED) is 0.886. The van der Waals surface area contributed by atoms with Crippen molar-refractivity contribution in [2.24, 2.45) is 0 Å². The van der Waals surface area contributed by atoms with E-state index in [2.05, 4.69) is 48.4 Å². The van der Waals surface area contributed by atoms with E-state index in [-0.39, 0.29) is 18.4 Å². The number of rotatable bonds is 5. The molecule has 0 bridgehead atoms. The predicted octanol–water partition coefficient (Wildman–Crippen LogP) is 3.40. The van der Waals surface area contributed by atoms with Gasteiger partial charge in [0.1, 0.15) is 6.54 Å². The van der Waals surface area contributed by atoms with Crippen molar-refractivity contribution in [2.75, 3.05) is 23.5 Å². The van der Waals surface area contributed by atoms with Crippen molar-refractivity contribution < 1.29 is 9.59 Å². The van der Waals surface area contributed by atoms with E-state index in [0.717, 1.165) is 11.3 Å². The second-order valence-electron chi connectivity index (χ2n) is 5.93. The second-order valence-corrected chi connectivity index (χ2v) is 7.75. The molecule has 0 saturated carbocycles. The van der Waals surface area contributed by atoms with Gasteiger partial charge in [0.2, 0.25) is 11.8 Å². The standard InChI is InChI=1S/C17H19N3O2S2/c1-11(2)12-3-5-13(6-4-12)14-8-24-17(18-14)19-15(21)7-20-10-23-9-16(20)22/h3-6,8,11H,7,9-10H2,1-2H3,(H,18,19,21). The number of benzene rings is 1. The van der Waals surface area contributed by atoms with Gasteiger partial charge in [-0.1, -0.05) is 38.1 Å². The lowest BCUT2D eigenvalue weighted by Crippen LogP contribution is -2.34. The monoisotopic (exact) mass is 361 g/mol. The van der Waals surface area contributed by atoms with E-state index >= 15 is 0 Å². The number of carbonyl (C=O) groups is 2. The molecule has 2 amide bonds. The summed E-state index contributed by atoms with van der Waals surface area (Å²) >= 11 is 2.92. The molecule has 3 rings (SSSR count). The van der Waals surface area contributed by atoms with Crippen molar-refractivity contribution in [3.05, 3.63) is 35.2 Å². The fourth-order valence-corrected chi connectivity index (χ4v) is 4.01. The Bertz CT molecular complexity index is 741. The summed E-state index contributed by atoms with van der Waals surface area (Å²) in [6.45, 7) is 4.41. The fourth-order valence-electron chi connectivity index (χ4n) is 2.37. The first-order valence-corrected chi connectivity index (χ1v) is 9.77. The van der Waals surface area contributed by atoms with Gasteiger partial charge in [0.25, 0.3) is 0 Å². The van der Waals surface area contributed by atoms with Crippen LogP contribution in [0.2, 0.25) is 0 Å². The Balaban J connectivity index is 1.62. The van der Waals surface area contributed by atoms with Crippen LogP contribution in [0.25, 0.3) is 11.3 Å². The molecule has 0 radical (unpaired) electrons. The normalized spacial score (nSPS) is 14.5. The molecule has 1 fully saturated rings. The number of carbonyl (C=O) groups excluding carboxylic acids is 2. The lowest BCUT2D eigenvalue weighted by molar-refractivity contribution is -0.130. The molecule has 7 heteroatoms. The van der Waals surface area contributed by atoms with Crippen LogP contribution in [-0.2, 0) is 9.59 Å². The number of aromatic nitrogens is 1. The minimum absolute atomic E-state index is 0.0141. The molecule has 2 aromatic rings. The highest BCUT2D eigenvalue weighted by Gasteiger charge is 2.23. The van der Waals surface area contributed by atoms with E-state index < -0.39 is 0 Å². The van der Waals surface area contributed by atoms with Gasteiger partial charge < -0.3 is 10.2 Å². The lowest BCUT2D eigenvalue weighted by Gasteiger charge is -2.13. The largest absolute Gasteiger partial charge is 0.323 e. The fraction of sp³-hybridized carbons (Fsp3) is 0.353. The number of thioether (sulfide) groups is 1. The number of amides is 2. The molecule has 126 valence electrons. The van der Waals surface area contributed by atoms with Gasteiger partial charge in [0.05, 0.1) is 17.3 Å². The molecule has 1 aromatic carbocycles. The molecular weight excluding hydrogens is 342 g/mol. The minimum Gasteiger partial charge on any atom is -0.323 e. The van der Waals surface area contributed by atoms with Crippen molar-refractivity contribution in [3.63, 3.8) is 0 Å². The lowest BCUT2D eigenvalue weighted by atomic mass is 10.0. The van der Waals surface area contributed by atoms with Gasteiger partial charge in [-0.15, -0.1) is 23.1 Å². The Morgan fingerprint density at radius 1 is 1.33 bits per heavy atom. The maximum absolute atomic E-state index is 12.0. The van der Waals surface area contributed by atoms with Crippen LogP contribution in [0.3, 0.4) is 0 Å². The van der Waals surface area contributed by atoms with Crippen LogP contribution in [-0.4, -0.2) is 39.9 Å². The summed E-state index contributed by atoms with van der Waals surface area (Å²) in [6, 6.07) is 8.31. The van der Waals surface area contributed by atoms with Gasteiger partial charge in [-0.2, -0.15) is 0 Å². The molecule has 1 aliphatic rings. The maximum Gasteiger partial charge on any atom is 0.245 e. The third-order valence-electron chi connectivity index (χ3n) is 3.78. The Labute approximate surface area is 149 Å². The molecule has 0 atom stereocenters. The molecule has 1 aliphatic heterocycles. The third kappa shape index (κ3) is 3.96. The van der Waals surface area contributed by atoms with Gasteiger partial charge in [-0.3, -0.25) is 9.59 Å². The smallest absolute Gasteiger partial charge is 0.245 e. The van der Waals surface area contributed by atoms with Gasteiger partial charge in [-0.05, 0) is 11.5 Å². The van der Waals surface area contributed by atoms with Crippen LogP contribution in [0.5, 0.6) is 0 Å². The van der Waals surface area contributed by atoms with E-state index in [1.165, 1.54) is 28.7 Å². The van der Waals surface area contributed by atoms with Crippen LogP contribution < -0.4 is 5.32 Å². The summed E-state index contributed by atoms with van der Waals surface area (Å²) in [4.78, 5) is 29.6. The van der Waals surface area contributed by atoms with Crippen LogP contribution in [0.15, 0.2) is 29.6 Å². The predicted molar refractivity (Wildman–Crippen MR) is 99.3 cm³/mol. The van der Waals surface area contributed by atoms with Crippen molar-refractivity contribution in [1.29, 1.82) is 0 Å². The topological polar surface area (TPSA) is 62.3 Å². The van der Waals surface area contributed by atoms with Crippen molar-refractivity contribution in [1.82, 2.24) is 9.88 Å². The summed E-state index contributed by atoms with van der Waals surface area (Å²) in [7, 11) is 0. The zero-order valence-corrected chi connectivity index (χ0v) is 15.2. The Morgan fingerprint density at radius 3 is 2.71 bits per heavy atom. The molecular formula is C17H19N3O2S2. The number of hydrogen-bond donors (Lipinski definition) is 1. The van der Waals surface area contributed by atoms with E-state index in [1.54, 1.807) is 4.90 Å². The molecule has 1 saturated heterocycles. The molecule has 0 spiro atoms. The Hall–Kier alpha value is -1.86. The van der Waals surface area contributed by atoms with Crippen LogP contribution in [0, 0.1) is 0 Å². The number of thiazole rings is 1. The van der Waals surface area contributed by atoms with Crippen LogP contribution in [0.4, 0.5) is 5.13 Å². The average molecular weight is 361 g/mol. The Kier molecular flexibility index (Phi) is 5.20. The van der Waals surface area contributed by atoms with E-state index in [9.17, 15) is 9.59 Å². The number of nitrogens with one attached hydrogen (secondary N) is 1. The SMILES string of the molecule is CC(C)c1ccc(-c2csc(NC(=O)CN3CSCC3=O)n2)cc1. The van der Waals surface area contributed by atoms with Gasteiger partial charge >= 0.3 is 0 Å². The molecule has 24 heavy (non-hydrogen) atoms. The van der Waals surface area contributed by atoms with Crippen molar-refractivity contribution >= 4 is 40.0 Å². The van der Waals surface area contributed by atoms with Crippen LogP contribution in [0.1, 0.15) is 25.3 Å². The number of hydrogen-bond acceptors (Lipinski definition) is 5. The molecule has 0 unspecified atom stereocenters. The molecule has 5 nitrogen and oxygen atoms in total. The highest BCUT2D eigenvalue weighted by Crippen LogP contribution is 2.26. The van der Waals surface area contributed by atoms with Crippen molar-refractivity contribution in [3.8, 4) is 11.3 Å². The summed E-state index contributed by atoms with van der Waals surface area (Å²) in [6.07, 6.45) is 0. The molecule has 1 N–H and O–H groups in total. The minimum atomic E-state index is -0.207. The van der Waals surface area contributed by atoms with Crippen LogP contribution >= 0.6 is 23.1 Å². The summed E-state index contributed by atoms with van der Waals surface area (Å²) in [5, 5.41) is 5.26. The van der Waals surface area contributed by atoms with Gasteiger partial charge in [-0.25, -0.2) is 4.98 Å². The van der Waals surface area contributed by atoms with Crippen molar-refractivity contribution in [2.45, 2.75) is 19.8 Å². The zero-order valence-electron chi connectivity index (χ0n) is 13.6. The van der Waals surface area contributed by atoms with Gasteiger partial charge in [0, 0.05) is 10.9 Å². The highest BCUT2D eigenvalue weighted by molar-refractivity contribution is 8.00. The van der Waals surface area contributed by atoms with E-state index in [1.807, 2.05) is 5.38 Å². The third-order valence-corrected chi connectivity index (χ3v) is 5.49. The molecule has 0 aliphatic carbocycles. The molecule has 2 heterocycles.